The Hall–Kier alpha value is -2.66. The van der Waals surface area contributed by atoms with E-state index in [4.69, 9.17) is 11.6 Å². The van der Waals surface area contributed by atoms with Crippen LogP contribution in [0.5, 0.6) is 0 Å². The highest BCUT2D eigenvalue weighted by Gasteiger charge is 2.10. The number of aromatic nitrogens is 4. The standard InChI is InChI=1S/C17H12ClFN4/c18-12-3-1-11(2-4-12)7-17-21-14-8-13(19)16(9-15(14)22-17)23-6-5-20-10-23/h1-6,8-10H,7H2,(H,21,22). The summed E-state index contributed by atoms with van der Waals surface area (Å²) in [6, 6.07) is 10.8. The third-order valence-electron chi connectivity index (χ3n) is 3.67. The van der Waals surface area contributed by atoms with Gasteiger partial charge in [0, 0.05) is 29.9 Å². The van der Waals surface area contributed by atoms with E-state index in [2.05, 4.69) is 15.0 Å². The van der Waals surface area contributed by atoms with Crippen LogP contribution < -0.4 is 0 Å². The number of H-pyrrole nitrogens is 1. The number of fused-ring (bicyclic) bond motifs is 1. The molecule has 0 saturated heterocycles. The molecule has 0 aliphatic rings. The first-order valence-electron chi connectivity index (χ1n) is 7.10. The fourth-order valence-corrected chi connectivity index (χ4v) is 2.68. The van der Waals surface area contributed by atoms with E-state index in [0.29, 0.717) is 22.6 Å². The van der Waals surface area contributed by atoms with E-state index < -0.39 is 0 Å². The second-order valence-corrected chi connectivity index (χ2v) is 5.71. The zero-order valence-electron chi connectivity index (χ0n) is 12.0. The van der Waals surface area contributed by atoms with Gasteiger partial charge in [-0.25, -0.2) is 14.4 Å². The van der Waals surface area contributed by atoms with E-state index in [1.807, 2.05) is 24.3 Å². The molecular formula is C17H12ClFN4. The van der Waals surface area contributed by atoms with Gasteiger partial charge < -0.3 is 9.55 Å². The third-order valence-corrected chi connectivity index (χ3v) is 3.92. The van der Waals surface area contributed by atoms with Crippen molar-refractivity contribution in [2.45, 2.75) is 6.42 Å². The Morgan fingerprint density at radius 2 is 2.00 bits per heavy atom. The summed E-state index contributed by atoms with van der Waals surface area (Å²) >= 11 is 5.89. The van der Waals surface area contributed by atoms with Crippen LogP contribution in [-0.4, -0.2) is 19.5 Å². The fourth-order valence-electron chi connectivity index (χ4n) is 2.55. The summed E-state index contributed by atoms with van der Waals surface area (Å²) in [5.74, 6) is 0.460. The molecule has 0 saturated carbocycles. The van der Waals surface area contributed by atoms with Gasteiger partial charge in [-0.05, 0) is 23.8 Å². The van der Waals surface area contributed by atoms with Crippen molar-refractivity contribution in [3.8, 4) is 5.69 Å². The molecule has 0 aliphatic carbocycles. The summed E-state index contributed by atoms with van der Waals surface area (Å²) in [6.45, 7) is 0. The van der Waals surface area contributed by atoms with E-state index in [0.717, 1.165) is 16.9 Å². The summed E-state index contributed by atoms with van der Waals surface area (Å²) in [5.41, 5.74) is 2.91. The van der Waals surface area contributed by atoms with Crippen LogP contribution in [0.25, 0.3) is 16.7 Å². The van der Waals surface area contributed by atoms with Gasteiger partial charge in [0.15, 0.2) is 0 Å². The average molecular weight is 327 g/mol. The van der Waals surface area contributed by atoms with Gasteiger partial charge in [0.1, 0.15) is 11.6 Å². The van der Waals surface area contributed by atoms with Gasteiger partial charge in [-0.1, -0.05) is 23.7 Å². The van der Waals surface area contributed by atoms with E-state index in [9.17, 15) is 4.39 Å². The molecule has 1 N–H and O–H groups in total. The number of hydrogen-bond donors (Lipinski definition) is 1. The van der Waals surface area contributed by atoms with Crippen LogP contribution in [0.4, 0.5) is 4.39 Å². The van der Waals surface area contributed by atoms with Crippen LogP contribution in [0, 0.1) is 5.82 Å². The number of imidazole rings is 2. The number of nitrogens with zero attached hydrogens (tertiary/aromatic N) is 3. The quantitative estimate of drug-likeness (QED) is 0.615. The smallest absolute Gasteiger partial charge is 0.149 e. The number of rotatable bonds is 3. The second kappa shape index (κ2) is 5.52. The lowest BCUT2D eigenvalue weighted by Gasteiger charge is -2.03. The van der Waals surface area contributed by atoms with Gasteiger partial charge >= 0.3 is 0 Å². The molecule has 4 nitrogen and oxygen atoms in total. The van der Waals surface area contributed by atoms with Crippen molar-refractivity contribution in [1.82, 2.24) is 19.5 Å². The Balaban J connectivity index is 1.71. The normalized spacial score (nSPS) is 11.2. The van der Waals surface area contributed by atoms with Gasteiger partial charge in [0.2, 0.25) is 0 Å². The average Bonchev–Trinajstić information content (AvgIpc) is 3.17. The minimum Gasteiger partial charge on any atom is -0.342 e. The number of aromatic amines is 1. The van der Waals surface area contributed by atoms with Crippen molar-refractivity contribution in [1.29, 1.82) is 0 Å². The van der Waals surface area contributed by atoms with E-state index in [-0.39, 0.29) is 5.82 Å². The first-order chi connectivity index (χ1) is 11.2. The molecule has 2 heterocycles. The topological polar surface area (TPSA) is 46.5 Å². The lowest BCUT2D eigenvalue weighted by Crippen LogP contribution is -1.94. The molecule has 0 radical (unpaired) electrons. The molecule has 6 heteroatoms. The summed E-state index contributed by atoms with van der Waals surface area (Å²) in [5, 5.41) is 0.699. The minimum absolute atomic E-state index is 0.322. The molecular weight excluding hydrogens is 315 g/mol. The van der Waals surface area contributed by atoms with Gasteiger partial charge in [-0.2, -0.15) is 0 Å². The van der Waals surface area contributed by atoms with Crippen molar-refractivity contribution in [2.75, 3.05) is 0 Å². The fraction of sp³-hybridized carbons (Fsp3) is 0.0588. The van der Waals surface area contributed by atoms with Crippen molar-refractivity contribution in [2.24, 2.45) is 0 Å². The van der Waals surface area contributed by atoms with Crippen molar-refractivity contribution in [3.63, 3.8) is 0 Å². The maximum absolute atomic E-state index is 14.3. The molecule has 4 aromatic rings. The Morgan fingerprint density at radius 1 is 1.17 bits per heavy atom. The maximum Gasteiger partial charge on any atom is 0.149 e. The predicted octanol–water partition coefficient (Wildman–Crippen LogP) is 4.13. The Bertz CT molecular complexity index is 958. The van der Waals surface area contributed by atoms with Gasteiger partial charge in [-0.3, -0.25) is 0 Å². The first-order valence-corrected chi connectivity index (χ1v) is 7.48. The van der Waals surface area contributed by atoms with Crippen LogP contribution in [0.3, 0.4) is 0 Å². The van der Waals surface area contributed by atoms with Crippen LogP contribution in [0.1, 0.15) is 11.4 Å². The Morgan fingerprint density at radius 3 is 2.74 bits per heavy atom. The molecule has 0 atom stereocenters. The van der Waals surface area contributed by atoms with Gasteiger partial charge in [-0.15, -0.1) is 0 Å². The van der Waals surface area contributed by atoms with E-state index >= 15 is 0 Å². The zero-order valence-corrected chi connectivity index (χ0v) is 12.8. The largest absolute Gasteiger partial charge is 0.342 e. The molecule has 2 aromatic carbocycles. The molecule has 0 amide bonds. The molecule has 0 aliphatic heterocycles. The Kier molecular flexibility index (Phi) is 3.35. The van der Waals surface area contributed by atoms with Crippen LogP contribution in [-0.2, 0) is 6.42 Å². The highest BCUT2D eigenvalue weighted by molar-refractivity contribution is 6.30. The summed E-state index contributed by atoms with van der Waals surface area (Å²) in [6.07, 6.45) is 5.51. The van der Waals surface area contributed by atoms with E-state index in [1.54, 1.807) is 29.4 Å². The van der Waals surface area contributed by atoms with Crippen molar-refractivity contribution in [3.05, 3.63) is 77.3 Å². The number of benzene rings is 2. The maximum atomic E-state index is 14.3. The third kappa shape index (κ3) is 2.71. The molecule has 0 spiro atoms. The van der Waals surface area contributed by atoms with Crippen LogP contribution in [0.15, 0.2) is 55.1 Å². The molecule has 23 heavy (non-hydrogen) atoms. The molecule has 0 fully saturated rings. The van der Waals surface area contributed by atoms with Crippen molar-refractivity contribution < 1.29 is 4.39 Å². The SMILES string of the molecule is Fc1cc2[nH]c(Cc3ccc(Cl)cc3)nc2cc1-n1ccnc1. The summed E-state index contributed by atoms with van der Waals surface area (Å²) in [7, 11) is 0. The number of nitrogens with one attached hydrogen (secondary N) is 1. The number of hydrogen-bond acceptors (Lipinski definition) is 2. The lowest BCUT2D eigenvalue weighted by molar-refractivity contribution is 0.620. The van der Waals surface area contributed by atoms with Gasteiger partial charge in [0.25, 0.3) is 0 Å². The Labute approximate surface area is 136 Å². The molecule has 4 rings (SSSR count). The molecule has 0 unspecified atom stereocenters. The minimum atomic E-state index is -0.322. The monoisotopic (exact) mass is 326 g/mol. The molecule has 2 aromatic heterocycles. The summed E-state index contributed by atoms with van der Waals surface area (Å²) < 4.78 is 15.9. The molecule has 0 bridgehead atoms. The molecule has 114 valence electrons. The van der Waals surface area contributed by atoms with Crippen LogP contribution >= 0.6 is 11.6 Å². The van der Waals surface area contributed by atoms with E-state index in [1.165, 1.54) is 6.07 Å². The predicted molar refractivity (Wildman–Crippen MR) is 87.4 cm³/mol. The van der Waals surface area contributed by atoms with Crippen molar-refractivity contribution >= 4 is 22.6 Å². The lowest BCUT2D eigenvalue weighted by atomic mass is 10.1. The zero-order chi connectivity index (χ0) is 15.8. The summed E-state index contributed by atoms with van der Waals surface area (Å²) in [4.78, 5) is 11.7. The second-order valence-electron chi connectivity index (χ2n) is 5.28. The highest BCUT2D eigenvalue weighted by atomic mass is 35.5. The number of halogens is 2. The highest BCUT2D eigenvalue weighted by Crippen LogP contribution is 2.21. The van der Waals surface area contributed by atoms with Crippen LogP contribution in [0.2, 0.25) is 5.02 Å². The first kappa shape index (κ1) is 14.0. The van der Waals surface area contributed by atoms with Gasteiger partial charge in [0.05, 0.1) is 23.0 Å².